The van der Waals surface area contributed by atoms with Crippen LogP contribution in [0.3, 0.4) is 0 Å². The van der Waals surface area contributed by atoms with E-state index in [0.717, 1.165) is 18.4 Å². The molecular formula is C14H16FNS. The molecule has 90 valence electrons. The van der Waals surface area contributed by atoms with E-state index in [-0.39, 0.29) is 5.82 Å². The smallest absolute Gasteiger partial charge is 0.123 e. The van der Waals surface area contributed by atoms with Crippen molar-refractivity contribution in [3.05, 3.63) is 58.0 Å². The average molecular weight is 249 g/mol. The van der Waals surface area contributed by atoms with Crippen LogP contribution < -0.4 is 5.73 Å². The third-order valence-corrected chi connectivity index (χ3v) is 3.88. The Bertz CT molecular complexity index is 436. The summed E-state index contributed by atoms with van der Waals surface area (Å²) in [5.74, 6) is 0.125. The Morgan fingerprint density at radius 1 is 1.18 bits per heavy atom. The van der Waals surface area contributed by atoms with Crippen LogP contribution in [0.4, 0.5) is 4.39 Å². The predicted octanol–water partition coefficient (Wildman–Crippen LogP) is 3.56. The number of benzene rings is 1. The van der Waals surface area contributed by atoms with Gasteiger partial charge in [0.05, 0.1) is 0 Å². The summed E-state index contributed by atoms with van der Waals surface area (Å²) in [5.41, 5.74) is 6.92. The highest BCUT2D eigenvalue weighted by atomic mass is 32.1. The van der Waals surface area contributed by atoms with Gasteiger partial charge in [-0.15, -0.1) is 11.3 Å². The minimum atomic E-state index is -0.192. The fourth-order valence-corrected chi connectivity index (χ4v) is 2.65. The van der Waals surface area contributed by atoms with Crippen molar-refractivity contribution >= 4 is 11.3 Å². The summed E-state index contributed by atoms with van der Waals surface area (Å²) in [7, 11) is 0. The van der Waals surface area contributed by atoms with Crippen molar-refractivity contribution in [2.24, 2.45) is 5.73 Å². The normalized spacial score (nSPS) is 12.6. The lowest BCUT2D eigenvalue weighted by atomic mass is 9.94. The molecule has 0 saturated carbocycles. The van der Waals surface area contributed by atoms with Crippen LogP contribution in [0.2, 0.25) is 0 Å². The molecule has 0 bridgehead atoms. The average Bonchev–Trinajstić information content (AvgIpc) is 2.85. The maximum atomic E-state index is 12.8. The summed E-state index contributed by atoms with van der Waals surface area (Å²) >= 11 is 1.77. The fraction of sp³-hybridized carbons (Fsp3) is 0.286. The maximum absolute atomic E-state index is 12.8. The monoisotopic (exact) mass is 249 g/mol. The van der Waals surface area contributed by atoms with E-state index in [1.165, 1.54) is 17.0 Å². The van der Waals surface area contributed by atoms with Gasteiger partial charge in [0.15, 0.2) is 0 Å². The van der Waals surface area contributed by atoms with Crippen molar-refractivity contribution in [1.29, 1.82) is 0 Å². The van der Waals surface area contributed by atoms with Crippen molar-refractivity contribution in [3.63, 3.8) is 0 Å². The Hall–Kier alpha value is -1.19. The Balaban J connectivity index is 1.99. The second-order valence-corrected chi connectivity index (χ2v) is 5.13. The van der Waals surface area contributed by atoms with Crippen molar-refractivity contribution in [2.45, 2.75) is 18.8 Å². The molecule has 0 aliphatic heterocycles. The quantitative estimate of drug-likeness (QED) is 0.861. The zero-order valence-corrected chi connectivity index (χ0v) is 10.4. The molecule has 2 rings (SSSR count). The van der Waals surface area contributed by atoms with Crippen LogP contribution in [0.5, 0.6) is 0 Å². The topological polar surface area (TPSA) is 26.0 Å². The van der Waals surface area contributed by atoms with Gasteiger partial charge in [-0.1, -0.05) is 18.2 Å². The van der Waals surface area contributed by atoms with Gasteiger partial charge in [-0.3, -0.25) is 0 Å². The molecule has 0 aliphatic carbocycles. The van der Waals surface area contributed by atoms with Crippen LogP contribution in [0.15, 0.2) is 41.8 Å². The highest BCUT2D eigenvalue weighted by Crippen LogP contribution is 2.22. The van der Waals surface area contributed by atoms with Gasteiger partial charge in [0.1, 0.15) is 5.82 Å². The van der Waals surface area contributed by atoms with E-state index in [2.05, 4.69) is 17.5 Å². The second kappa shape index (κ2) is 5.94. The molecule has 0 amide bonds. The molecule has 0 fully saturated rings. The first-order valence-corrected chi connectivity index (χ1v) is 6.65. The molecule has 0 radical (unpaired) electrons. The summed E-state index contributed by atoms with van der Waals surface area (Å²) in [6.45, 7) is 0.608. The van der Waals surface area contributed by atoms with Gasteiger partial charge >= 0.3 is 0 Å². The zero-order chi connectivity index (χ0) is 12.1. The third kappa shape index (κ3) is 3.38. The zero-order valence-electron chi connectivity index (χ0n) is 9.60. The van der Waals surface area contributed by atoms with Crippen LogP contribution in [0, 0.1) is 5.82 Å². The summed E-state index contributed by atoms with van der Waals surface area (Å²) in [4.78, 5) is 1.38. The van der Waals surface area contributed by atoms with Crippen LogP contribution in [-0.4, -0.2) is 6.54 Å². The SMILES string of the molecule is NCC(CCc1cccs1)c1ccc(F)cc1. The largest absolute Gasteiger partial charge is 0.330 e. The molecule has 1 aromatic carbocycles. The first-order valence-electron chi connectivity index (χ1n) is 5.77. The van der Waals surface area contributed by atoms with Crippen LogP contribution in [0.1, 0.15) is 22.8 Å². The van der Waals surface area contributed by atoms with E-state index in [1.54, 1.807) is 11.3 Å². The second-order valence-electron chi connectivity index (χ2n) is 4.10. The molecular weight excluding hydrogens is 233 g/mol. The van der Waals surface area contributed by atoms with Gasteiger partial charge in [-0.25, -0.2) is 4.39 Å². The molecule has 2 aromatic rings. The van der Waals surface area contributed by atoms with E-state index < -0.39 is 0 Å². The molecule has 1 aromatic heterocycles. The van der Waals surface area contributed by atoms with Crippen molar-refractivity contribution in [1.82, 2.24) is 0 Å². The van der Waals surface area contributed by atoms with E-state index in [0.29, 0.717) is 12.5 Å². The molecule has 1 heterocycles. The fourth-order valence-electron chi connectivity index (χ4n) is 1.93. The maximum Gasteiger partial charge on any atom is 0.123 e. The highest BCUT2D eigenvalue weighted by Gasteiger charge is 2.10. The summed E-state index contributed by atoms with van der Waals surface area (Å²) in [5, 5.41) is 2.09. The standard InChI is InChI=1S/C14H16FNS/c15-13-6-3-11(4-7-13)12(10-16)5-8-14-2-1-9-17-14/h1-4,6-7,9,12H,5,8,10,16H2. The molecule has 0 aliphatic rings. The summed E-state index contributed by atoms with van der Waals surface area (Å²) in [6, 6.07) is 10.9. The highest BCUT2D eigenvalue weighted by molar-refractivity contribution is 7.09. The minimum Gasteiger partial charge on any atom is -0.330 e. The molecule has 1 atom stereocenters. The van der Waals surface area contributed by atoms with Gasteiger partial charge in [-0.05, 0) is 54.4 Å². The van der Waals surface area contributed by atoms with Gasteiger partial charge < -0.3 is 5.73 Å². The third-order valence-electron chi connectivity index (χ3n) is 2.95. The lowest BCUT2D eigenvalue weighted by Gasteiger charge is -2.14. The number of thiophene rings is 1. The molecule has 2 N–H and O–H groups in total. The number of halogens is 1. The lowest BCUT2D eigenvalue weighted by molar-refractivity contribution is 0.615. The van der Waals surface area contributed by atoms with Gasteiger partial charge in [0.25, 0.3) is 0 Å². The van der Waals surface area contributed by atoms with E-state index in [4.69, 9.17) is 5.73 Å². The molecule has 1 nitrogen and oxygen atoms in total. The Morgan fingerprint density at radius 2 is 1.94 bits per heavy atom. The van der Waals surface area contributed by atoms with Crippen LogP contribution in [-0.2, 0) is 6.42 Å². The molecule has 1 unspecified atom stereocenters. The van der Waals surface area contributed by atoms with Crippen LogP contribution in [0.25, 0.3) is 0 Å². The van der Waals surface area contributed by atoms with E-state index in [1.807, 2.05) is 12.1 Å². The van der Waals surface area contributed by atoms with Gasteiger partial charge in [0, 0.05) is 4.88 Å². The van der Waals surface area contributed by atoms with E-state index in [9.17, 15) is 4.39 Å². The summed E-state index contributed by atoms with van der Waals surface area (Å²) in [6.07, 6.45) is 2.06. The number of aryl methyl sites for hydroxylation is 1. The van der Waals surface area contributed by atoms with Gasteiger partial charge in [-0.2, -0.15) is 0 Å². The number of hydrogen-bond acceptors (Lipinski definition) is 2. The molecule has 3 heteroatoms. The Labute approximate surface area is 105 Å². The molecule has 17 heavy (non-hydrogen) atoms. The first-order chi connectivity index (χ1) is 8.29. The summed E-state index contributed by atoms with van der Waals surface area (Å²) < 4.78 is 12.8. The molecule has 0 saturated heterocycles. The molecule has 0 spiro atoms. The lowest BCUT2D eigenvalue weighted by Crippen LogP contribution is -2.13. The predicted molar refractivity (Wildman–Crippen MR) is 70.8 cm³/mol. The first kappa shape index (κ1) is 12.3. The van der Waals surface area contributed by atoms with E-state index >= 15 is 0 Å². The number of nitrogens with two attached hydrogens (primary N) is 1. The van der Waals surface area contributed by atoms with Crippen molar-refractivity contribution in [2.75, 3.05) is 6.54 Å². The number of rotatable bonds is 5. The number of hydrogen-bond donors (Lipinski definition) is 1. The van der Waals surface area contributed by atoms with Gasteiger partial charge in [0.2, 0.25) is 0 Å². The van der Waals surface area contributed by atoms with Crippen LogP contribution >= 0.6 is 11.3 Å². The minimum absolute atomic E-state index is 0.192. The van der Waals surface area contributed by atoms with Crippen molar-refractivity contribution in [3.8, 4) is 0 Å². The Kier molecular flexibility index (Phi) is 4.29. The Morgan fingerprint density at radius 3 is 2.53 bits per heavy atom. The van der Waals surface area contributed by atoms with Crippen molar-refractivity contribution < 1.29 is 4.39 Å².